The first-order chi connectivity index (χ1) is 11.7. The largest absolute Gasteiger partial charge is 0.348 e. The summed E-state index contributed by atoms with van der Waals surface area (Å²) in [6.45, 7) is 2.76. The summed E-state index contributed by atoms with van der Waals surface area (Å²) >= 11 is 1.75. The Hall–Kier alpha value is -1.96. The van der Waals surface area contributed by atoms with Gasteiger partial charge in [0.05, 0.1) is 17.7 Å². The van der Waals surface area contributed by atoms with Crippen molar-refractivity contribution < 1.29 is 4.79 Å². The lowest BCUT2D eigenvalue weighted by Crippen LogP contribution is -2.50. The Morgan fingerprint density at radius 3 is 3.08 bits per heavy atom. The van der Waals surface area contributed by atoms with Crippen LogP contribution in [0.15, 0.2) is 18.6 Å². The first-order valence-corrected chi connectivity index (χ1v) is 9.61. The highest BCUT2D eigenvalue weighted by atomic mass is 32.2. The van der Waals surface area contributed by atoms with Crippen LogP contribution >= 0.6 is 11.8 Å². The molecule has 24 heavy (non-hydrogen) atoms. The molecule has 2 unspecified atom stereocenters. The van der Waals surface area contributed by atoms with Crippen LogP contribution in [0.3, 0.4) is 0 Å². The molecular formula is C16H24N6OS. The van der Waals surface area contributed by atoms with Gasteiger partial charge in [-0.15, -0.1) is 0 Å². The van der Waals surface area contributed by atoms with E-state index in [9.17, 15) is 4.79 Å². The maximum atomic E-state index is 12.9. The minimum atomic E-state index is -0.209. The molecule has 3 heterocycles. The Bertz CT molecular complexity index is 696. The van der Waals surface area contributed by atoms with Gasteiger partial charge in [-0.05, 0) is 18.7 Å². The van der Waals surface area contributed by atoms with E-state index in [-0.39, 0.29) is 18.1 Å². The van der Waals surface area contributed by atoms with Crippen molar-refractivity contribution in [3.8, 4) is 0 Å². The van der Waals surface area contributed by atoms with Crippen LogP contribution in [0.25, 0.3) is 0 Å². The monoisotopic (exact) mass is 348 g/mol. The quantitative estimate of drug-likeness (QED) is 0.865. The molecule has 2 atom stereocenters. The third-order valence-corrected chi connectivity index (χ3v) is 5.25. The van der Waals surface area contributed by atoms with Crippen molar-refractivity contribution in [1.29, 1.82) is 0 Å². The number of aryl methyl sites for hydroxylation is 1. The van der Waals surface area contributed by atoms with Crippen molar-refractivity contribution in [3.05, 3.63) is 35.7 Å². The molecule has 1 aliphatic heterocycles. The molecule has 130 valence electrons. The molecule has 2 aromatic heterocycles. The van der Waals surface area contributed by atoms with Gasteiger partial charge in [-0.25, -0.2) is 9.78 Å². The molecule has 2 aromatic rings. The van der Waals surface area contributed by atoms with Crippen LogP contribution in [0.4, 0.5) is 4.79 Å². The molecule has 2 N–H and O–H groups in total. The second-order valence-electron chi connectivity index (χ2n) is 6.00. The highest BCUT2D eigenvalue weighted by Gasteiger charge is 2.36. The number of hydrogen-bond acceptors (Lipinski definition) is 4. The van der Waals surface area contributed by atoms with Crippen LogP contribution < -0.4 is 5.32 Å². The molecule has 0 fully saturated rings. The smallest absolute Gasteiger partial charge is 0.318 e. The normalized spacial score (nSPS) is 18.3. The predicted molar refractivity (Wildman–Crippen MR) is 95.0 cm³/mol. The van der Waals surface area contributed by atoms with E-state index in [1.54, 1.807) is 24.3 Å². The van der Waals surface area contributed by atoms with Gasteiger partial charge in [-0.2, -0.15) is 16.9 Å². The van der Waals surface area contributed by atoms with Crippen LogP contribution in [-0.2, 0) is 13.5 Å². The lowest BCUT2D eigenvalue weighted by atomic mass is 10.00. The van der Waals surface area contributed by atoms with Gasteiger partial charge >= 0.3 is 6.03 Å². The maximum absolute atomic E-state index is 12.9. The number of aromatic amines is 1. The molecule has 0 aliphatic carbocycles. The number of nitrogens with zero attached hydrogens (tertiary/aromatic N) is 4. The summed E-state index contributed by atoms with van der Waals surface area (Å²) in [6, 6.07) is 1.89. The lowest BCUT2D eigenvalue weighted by molar-refractivity contribution is 0.173. The minimum Gasteiger partial charge on any atom is -0.348 e. The second kappa shape index (κ2) is 7.29. The maximum Gasteiger partial charge on any atom is 0.318 e. The SMILES string of the molecule is CCC(CSC)NC(=O)N1CCc2[nH]cnc2C1c1ccnn1C. The Kier molecular flexibility index (Phi) is 5.13. The fraction of sp³-hybridized carbons (Fsp3) is 0.562. The Morgan fingerprint density at radius 2 is 2.42 bits per heavy atom. The molecule has 2 amide bonds. The molecule has 1 aliphatic rings. The zero-order chi connectivity index (χ0) is 17.1. The third-order valence-electron chi connectivity index (χ3n) is 4.51. The van der Waals surface area contributed by atoms with Gasteiger partial charge in [-0.3, -0.25) is 4.68 Å². The Balaban J connectivity index is 1.89. The van der Waals surface area contributed by atoms with Gasteiger partial charge in [0.25, 0.3) is 0 Å². The van der Waals surface area contributed by atoms with Gasteiger partial charge in [0.1, 0.15) is 6.04 Å². The van der Waals surface area contributed by atoms with Gasteiger partial charge in [0.15, 0.2) is 0 Å². The summed E-state index contributed by atoms with van der Waals surface area (Å²) in [5.74, 6) is 0.917. The minimum absolute atomic E-state index is 0.0317. The number of thioether (sulfide) groups is 1. The summed E-state index contributed by atoms with van der Waals surface area (Å²) in [4.78, 5) is 22.5. The second-order valence-corrected chi connectivity index (χ2v) is 6.91. The van der Waals surface area contributed by atoms with Crippen LogP contribution in [0, 0.1) is 0 Å². The van der Waals surface area contributed by atoms with Crippen LogP contribution in [0.1, 0.15) is 36.5 Å². The van der Waals surface area contributed by atoms with Crippen LogP contribution in [0.2, 0.25) is 0 Å². The van der Waals surface area contributed by atoms with Crippen molar-refractivity contribution in [2.75, 3.05) is 18.6 Å². The highest BCUT2D eigenvalue weighted by Crippen LogP contribution is 2.32. The molecule has 0 spiro atoms. The first kappa shape index (κ1) is 16.9. The molecule has 8 heteroatoms. The highest BCUT2D eigenvalue weighted by molar-refractivity contribution is 7.98. The summed E-state index contributed by atoms with van der Waals surface area (Å²) in [5, 5.41) is 7.44. The van der Waals surface area contributed by atoms with E-state index in [0.717, 1.165) is 35.7 Å². The van der Waals surface area contributed by atoms with E-state index in [1.165, 1.54) is 0 Å². The van der Waals surface area contributed by atoms with E-state index in [1.807, 2.05) is 22.7 Å². The third kappa shape index (κ3) is 3.15. The van der Waals surface area contributed by atoms with Crippen LogP contribution in [-0.4, -0.2) is 55.3 Å². The van der Waals surface area contributed by atoms with Crippen LogP contribution in [0.5, 0.6) is 0 Å². The van der Waals surface area contributed by atoms with Crippen molar-refractivity contribution in [2.24, 2.45) is 7.05 Å². The number of nitrogens with one attached hydrogen (secondary N) is 2. The number of carbonyl (C=O) groups is 1. The van der Waals surface area contributed by atoms with Crippen molar-refractivity contribution in [3.63, 3.8) is 0 Å². The van der Waals surface area contributed by atoms with E-state index >= 15 is 0 Å². The van der Waals surface area contributed by atoms with Gasteiger partial charge in [0, 0.05) is 43.7 Å². The molecule has 0 saturated carbocycles. The molecular weight excluding hydrogens is 324 g/mol. The summed E-state index contributed by atoms with van der Waals surface area (Å²) < 4.78 is 1.81. The van der Waals surface area contributed by atoms with Gasteiger partial charge < -0.3 is 15.2 Å². The number of aromatic nitrogens is 4. The standard InChI is InChI=1S/C16H24N6OS/c1-4-11(9-24-3)20-16(23)22-8-6-12-14(18-10-17-12)15(22)13-5-7-19-21(13)2/h5,7,10-11,15H,4,6,8-9H2,1-3H3,(H,17,18)(H,20,23). The van der Waals surface area contributed by atoms with E-state index in [2.05, 4.69) is 33.6 Å². The number of imidazole rings is 1. The molecule has 0 radical (unpaired) electrons. The predicted octanol–water partition coefficient (Wildman–Crippen LogP) is 1.94. The zero-order valence-electron chi connectivity index (χ0n) is 14.3. The van der Waals surface area contributed by atoms with E-state index in [0.29, 0.717) is 6.54 Å². The number of rotatable bonds is 5. The van der Waals surface area contributed by atoms with Crippen molar-refractivity contribution >= 4 is 17.8 Å². The summed E-state index contributed by atoms with van der Waals surface area (Å²) in [7, 11) is 1.90. The zero-order valence-corrected chi connectivity index (χ0v) is 15.1. The average Bonchev–Trinajstić information content (AvgIpc) is 3.21. The Labute approximate surface area is 146 Å². The van der Waals surface area contributed by atoms with E-state index in [4.69, 9.17) is 0 Å². The molecule has 0 bridgehead atoms. The van der Waals surface area contributed by atoms with E-state index < -0.39 is 0 Å². The molecule has 7 nitrogen and oxygen atoms in total. The number of urea groups is 1. The van der Waals surface area contributed by atoms with Crippen molar-refractivity contribution in [2.45, 2.75) is 31.8 Å². The molecule has 0 saturated heterocycles. The fourth-order valence-electron chi connectivity index (χ4n) is 3.17. The van der Waals surface area contributed by atoms with Crippen molar-refractivity contribution in [1.82, 2.24) is 30.0 Å². The topological polar surface area (TPSA) is 78.8 Å². The first-order valence-electron chi connectivity index (χ1n) is 8.21. The Morgan fingerprint density at radius 1 is 1.58 bits per heavy atom. The molecule has 3 rings (SSSR count). The van der Waals surface area contributed by atoms with Gasteiger partial charge in [0.2, 0.25) is 0 Å². The molecule has 0 aromatic carbocycles. The number of carbonyl (C=O) groups excluding carboxylic acids is 1. The number of hydrogen-bond donors (Lipinski definition) is 2. The summed E-state index contributed by atoms with van der Waals surface area (Å²) in [6.07, 6.45) is 7.23. The lowest BCUT2D eigenvalue weighted by Gasteiger charge is -2.35. The summed E-state index contributed by atoms with van der Waals surface area (Å²) in [5.41, 5.74) is 2.98. The number of fused-ring (bicyclic) bond motifs is 1. The average molecular weight is 348 g/mol. The number of amides is 2. The van der Waals surface area contributed by atoms with Gasteiger partial charge in [-0.1, -0.05) is 6.92 Å². The fourth-order valence-corrected chi connectivity index (χ4v) is 3.89. The number of H-pyrrole nitrogens is 1.